The summed E-state index contributed by atoms with van der Waals surface area (Å²) in [4.78, 5) is 6.99. The average molecular weight is 225 g/mol. The highest BCUT2D eigenvalue weighted by Gasteiger charge is 2.16. The SMILES string of the molecule is CC1CCN(Cc2nc(CN)cs2)CC1. The van der Waals surface area contributed by atoms with Crippen molar-refractivity contribution < 1.29 is 0 Å². The molecule has 1 aliphatic heterocycles. The van der Waals surface area contributed by atoms with E-state index in [4.69, 9.17) is 5.73 Å². The normalized spacial score (nSPS) is 19.6. The second kappa shape index (κ2) is 5.05. The Morgan fingerprint density at radius 1 is 1.53 bits per heavy atom. The first kappa shape index (κ1) is 11.0. The summed E-state index contributed by atoms with van der Waals surface area (Å²) >= 11 is 1.74. The topological polar surface area (TPSA) is 42.2 Å². The molecule has 0 saturated carbocycles. The Morgan fingerprint density at radius 3 is 2.87 bits per heavy atom. The average Bonchev–Trinajstić information content (AvgIpc) is 2.69. The Morgan fingerprint density at radius 2 is 2.27 bits per heavy atom. The largest absolute Gasteiger partial charge is 0.325 e. The molecule has 2 N–H and O–H groups in total. The van der Waals surface area contributed by atoms with Crippen LogP contribution in [-0.4, -0.2) is 23.0 Å². The van der Waals surface area contributed by atoms with Crippen molar-refractivity contribution in [2.45, 2.75) is 32.9 Å². The summed E-state index contributed by atoms with van der Waals surface area (Å²) in [5, 5.41) is 3.28. The predicted octanol–water partition coefficient (Wildman–Crippen LogP) is 1.83. The Hall–Kier alpha value is -0.450. The van der Waals surface area contributed by atoms with Crippen molar-refractivity contribution in [3.63, 3.8) is 0 Å². The highest BCUT2D eigenvalue weighted by molar-refractivity contribution is 7.09. The van der Waals surface area contributed by atoms with E-state index in [0.717, 1.165) is 18.2 Å². The molecule has 2 rings (SSSR count). The molecule has 3 nitrogen and oxygen atoms in total. The molecule has 0 bridgehead atoms. The summed E-state index contributed by atoms with van der Waals surface area (Å²) < 4.78 is 0. The van der Waals surface area contributed by atoms with E-state index in [0.29, 0.717) is 6.54 Å². The fraction of sp³-hybridized carbons (Fsp3) is 0.727. The van der Waals surface area contributed by atoms with Gasteiger partial charge in [0, 0.05) is 11.9 Å². The minimum atomic E-state index is 0.563. The van der Waals surface area contributed by atoms with E-state index in [1.165, 1.54) is 30.9 Å². The van der Waals surface area contributed by atoms with Gasteiger partial charge in [-0.2, -0.15) is 0 Å². The summed E-state index contributed by atoms with van der Waals surface area (Å²) in [7, 11) is 0. The first-order valence-corrected chi connectivity index (χ1v) is 6.51. The van der Waals surface area contributed by atoms with Gasteiger partial charge in [-0.3, -0.25) is 4.90 Å². The number of hydrogen-bond acceptors (Lipinski definition) is 4. The molecule has 0 unspecified atom stereocenters. The Balaban J connectivity index is 1.86. The lowest BCUT2D eigenvalue weighted by Crippen LogP contribution is -2.32. The third kappa shape index (κ3) is 3.00. The molecule has 0 aliphatic carbocycles. The molecule has 84 valence electrons. The first-order chi connectivity index (χ1) is 7.28. The second-order valence-electron chi connectivity index (χ2n) is 4.40. The Kier molecular flexibility index (Phi) is 3.72. The van der Waals surface area contributed by atoms with E-state index >= 15 is 0 Å². The Bertz CT molecular complexity index is 303. The molecule has 0 radical (unpaired) electrons. The lowest BCUT2D eigenvalue weighted by Gasteiger charge is -2.29. The van der Waals surface area contributed by atoms with Crippen molar-refractivity contribution >= 4 is 11.3 Å². The maximum absolute atomic E-state index is 5.55. The van der Waals surface area contributed by atoms with Crippen LogP contribution in [0, 0.1) is 5.92 Å². The van der Waals surface area contributed by atoms with Crippen molar-refractivity contribution in [3.8, 4) is 0 Å². The van der Waals surface area contributed by atoms with Gasteiger partial charge in [0.05, 0.1) is 12.2 Å². The molecule has 1 aromatic heterocycles. The molecule has 2 heterocycles. The fourth-order valence-corrected chi connectivity index (χ4v) is 2.77. The molecule has 0 aromatic carbocycles. The van der Waals surface area contributed by atoms with Gasteiger partial charge < -0.3 is 5.73 Å². The van der Waals surface area contributed by atoms with Crippen molar-refractivity contribution in [2.24, 2.45) is 11.7 Å². The number of thiazole rings is 1. The van der Waals surface area contributed by atoms with Gasteiger partial charge in [0.2, 0.25) is 0 Å². The van der Waals surface area contributed by atoms with Gasteiger partial charge in [-0.05, 0) is 31.8 Å². The molecule has 0 spiro atoms. The summed E-state index contributed by atoms with van der Waals surface area (Å²) in [5.41, 5.74) is 6.57. The maximum Gasteiger partial charge on any atom is 0.107 e. The van der Waals surface area contributed by atoms with Crippen LogP contribution in [0.4, 0.5) is 0 Å². The zero-order chi connectivity index (χ0) is 10.7. The Labute approximate surface area is 95.3 Å². The molecule has 1 saturated heterocycles. The van der Waals surface area contributed by atoms with Crippen LogP contribution in [0.15, 0.2) is 5.38 Å². The van der Waals surface area contributed by atoms with E-state index < -0.39 is 0 Å². The number of hydrogen-bond donors (Lipinski definition) is 1. The minimum absolute atomic E-state index is 0.563. The van der Waals surface area contributed by atoms with Crippen LogP contribution in [0.1, 0.15) is 30.5 Å². The molecule has 0 amide bonds. The van der Waals surface area contributed by atoms with Gasteiger partial charge >= 0.3 is 0 Å². The van der Waals surface area contributed by atoms with Crippen LogP contribution in [0.3, 0.4) is 0 Å². The quantitative estimate of drug-likeness (QED) is 0.853. The third-order valence-electron chi connectivity index (χ3n) is 3.04. The van der Waals surface area contributed by atoms with Crippen molar-refractivity contribution in [3.05, 3.63) is 16.1 Å². The summed E-state index contributed by atoms with van der Waals surface area (Å²) in [6, 6.07) is 0. The van der Waals surface area contributed by atoms with Gasteiger partial charge in [-0.1, -0.05) is 6.92 Å². The summed E-state index contributed by atoms with van der Waals surface area (Å²) in [6.07, 6.45) is 2.66. The van der Waals surface area contributed by atoms with E-state index in [1.54, 1.807) is 11.3 Å². The van der Waals surface area contributed by atoms with Crippen LogP contribution in [0.2, 0.25) is 0 Å². The molecule has 4 heteroatoms. The van der Waals surface area contributed by atoms with Crippen LogP contribution in [-0.2, 0) is 13.1 Å². The van der Waals surface area contributed by atoms with Crippen molar-refractivity contribution in [1.82, 2.24) is 9.88 Å². The minimum Gasteiger partial charge on any atom is -0.325 e. The number of nitrogens with two attached hydrogens (primary N) is 1. The number of aromatic nitrogens is 1. The zero-order valence-electron chi connectivity index (χ0n) is 9.28. The van der Waals surface area contributed by atoms with Gasteiger partial charge in [0.1, 0.15) is 5.01 Å². The van der Waals surface area contributed by atoms with Crippen LogP contribution < -0.4 is 5.73 Å². The van der Waals surface area contributed by atoms with E-state index in [1.807, 2.05) is 0 Å². The number of piperidine rings is 1. The van der Waals surface area contributed by atoms with Gasteiger partial charge in [0.25, 0.3) is 0 Å². The van der Waals surface area contributed by atoms with E-state index in [2.05, 4.69) is 22.2 Å². The molecular formula is C11H19N3S. The van der Waals surface area contributed by atoms with Crippen LogP contribution in [0.5, 0.6) is 0 Å². The fourth-order valence-electron chi connectivity index (χ4n) is 1.93. The highest BCUT2D eigenvalue weighted by atomic mass is 32.1. The van der Waals surface area contributed by atoms with Crippen LogP contribution in [0.25, 0.3) is 0 Å². The summed E-state index contributed by atoms with van der Waals surface area (Å²) in [6.45, 7) is 6.36. The second-order valence-corrected chi connectivity index (χ2v) is 5.34. The number of likely N-dealkylation sites (tertiary alicyclic amines) is 1. The molecule has 1 fully saturated rings. The van der Waals surface area contributed by atoms with Gasteiger partial charge in [-0.25, -0.2) is 4.98 Å². The predicted molar refractivity (Wildman–Crippen MR) is 63.7 cm³/mol. The zero-order valence-corrected chi connectivity index (χ0v) is 10.1. The highest BCUT2D eigenvalue weighted by Crippen LogP contribution is 2.19. The standard InChI is InChI=1S/C11H19N3S/c1-9-2-4-14(5-3-9)7-11-13-10(6-12)8-15-11/h8-9H,2-7,12H2,1H3. The lowest BCUT2D eigenvalue weighted by atomic mass is 9.99. The monoisotopic (exact) mass is 225 g/mol. The third-order valence-corrected chi connectivity index (χ3v) is 3.93. The molecule has 1 aliphatic rings. The number of rotatable bonds is 3. The first-order valence-electron chi connectivity index (χ1n) is 5.63. The lowest BCUT2D eigenvalue weighted by molar-refractivity contribution is 0.185. The molecular weight excluding hydrogens is 206 g/mol. The van der Waals surface area contributed by atoms with Crippen molar-refractivity contribution in [2.75, 3.05) is 13.1 Å². The maximum atomic E-state index is 5.55. The molecule has 1 aromatic rings. The van der Waals surface area contributed by atoms with Crippen LogP contribution >= 0.6 is 11.3 Å². The van der Waals surface area contributed by atoms with E-state index in [9.17, 15) is 0 Å². The van der Waals surface area contributed by atoms with E-state index in [-0.39, 0.29) is 0 Å². The van der Waals surface area contributed by atoms with Gasteiger partial charge in [0.15, 0.2) is 0 Å². The summed E-state index contributed by atoms with van der Waals surface area (Å²) in [5.74, 6) is 0.900. The number of nitrogens with zero attached hydrogens (tertiary/aromatic N) is 2. The smallest absolute Gasteiger partial charge is 0.107 e. The molecule has 0 atom stereocenters. The van der Waals surface area contributed by atoms with Crippen molar-refractivity contribution in [1.29, 1.82) is 0 Å². The van der Waals surface area contributed by atoms with Gasteiger partial charge in [-0.15, -0.1) is 11.3 Å². The molecule has 15 heavy (non-hydrogen) atoms.